The standard InChI is InChI=1S/C17H11N5O2/c23-17-21-11-6-5-9(7-12(11)22-17)20-16-15-14(18-8-19-16)10-3-1-2-4-13(10)24-15/h1-8H,(H,18,19,20)(H2,21,22,23). The molecule has 24 heavy (non-hydrogen) atoms. The van der Waals surface area contributed by atoms with Crippen molar-refractivity contribution in [3.8, 4) is 0 Å². The van der Waals surface area contributed by atoms with Crippen LogP contribution in [0.2, 0.25) is 0 Å². The lowest BCUT2D eigenvalue weighted by molar-refractivity contribution is 0.667. The zero-order valence-corrected chi connectivity index (χ0v) is 12.3. The number of aromatic amines is 2. The van der Waals surface area contributed by atoms with E-state index in [0.717, 1.165) is 33.2 Å². The number of hydrogen-bond acceptors (Lipinski definition) is 5. The van der Waals surface area contributed by atoms with Gasteiger partial charge in [0.15, 0.2) is 11.4 Å². The van der Waals surface area contributed by atoms with Gasteiger partial charge in [0.05, 0.1) is 11.0 Å². The van der Waals surface area contributed by atoms with Crippen molar-refractivity contribution in [2.75, 3.05) is 5.32 Å². The third kappa shape index (κ3) is 1.88. The summed E-state index contributed by atoms with van der Waals surface area (Å²) in [7, 11) is 0. The van der Waals surface area contributed by atoms with Crippen LogP contribution in [0.1, 0.15) is 0 Å². The number of H-pyrrole nitrogens is 2. The van der Waals surface area contributed by atoms with Crippen molar-refractivity contribution in [3.63, 3.8) is 0 Å². The summed E-state index contributed by atoms with van der Waals surface area (Å²) in [6, 6.07) is 13.3. The molecule has 0 saturated carbocycles. The average molecular weight is 317 g/mol. The Hall–Kier alpha value is -3.61. The summed E-state index contributed by atoms with van der Waals surface area (Å²) in [4.78, 5) is 25.4. The minimum Gasteiger partial charge on any atom is -0.450 e. The Morgan fingerprint density at radius 3 is 2.83 bits per heavy atom. The zero-order chi connectivity index (χ0) is 16.1. The van der Waals surface area contributed by atoms with E-state index in [9.17, 15) is 4.79 Å². The number of fused-ring (bicyclic) bond motifs is 4. The largest absolute Gasteiger partial charge is 0.450 e. The van der Waals surface area contributed by atoms with Gasteiger partial charge in [-0.2, -0.15) is 0 Å². The van der Waals surface area contributed by atoms with Gasteiger partial charge in [0.25, 0.3) is 0 Å². The smallest absolute Gasteiger partial charge is 0.323 e. The molecule has 0 saturated heterocycles. The molecular formula is C17H11N5O2. The van der Waals surface area contributed by atoms with Crippen LogP contribution in [0.15, 0.2) is 58.0 Å². The van der Waals surface area contributed by atoms with Crippen LogP contribution in [0.4, 0.5) is 11.5 Å². The topological polar surface area (TPSA) is 99.6 Å². The number of nitrogens with zero attached hydrogens (tertiary/aromatic N) is 2. The fourth-order valence-electron chi connectivity index (χ4n) is 2.86. The first-order valence-corrected chi connectivity index (χ1v) is 7.39. The summed E-state index contributed by atoms with van der Waals surface area (Å²) < 4.78 is 5.90. The van der Waals surface area contributed by atoms with E-state index in [2.05, 4.69) is 25.3 Å². The van der Waals surface area contributed by atoms with Crippen LogP contribution in [0.3, 0.4) is 0 Å². The van der Waals surface area contributed by atoms with E-state index in [1.54, 1.807) is 0 Å². The maximum atomic E-state index is 11.4. The lowest BCUT2D eigenvalue weighted by Gasteiger charge is -2.05. The summed E-state index contributed by atoms with van der Waals surface area (Å²) in [6.07, 6.45) is 1.50. The fraction of sp³-hybridized carbons (Fsp3) is 0. The first-order chi connectivity index (χ1) is 11.8. The van der Waals surface area contributed by atoms with Gasteiger partial charge in [0.2, 0.25) is 0 Å². The van der Waals surface area contributed by atoms with Gasteiger partial charge in [-0.05, 0) is 30.3 Å². The van der Waals surface area contributed by atoms with E-state index < -0.39 is 0 Å². The van der Waals surface area contributed by atoms with Crippen molar-refractivity contribution >= 4 is 44.6 Å². The molecule has 0 aliphatic rings. The normalized spacial score (nSPS) is 11.5. The molecule has 0 unspecified atom stereocenters. The third-order valence-electron chi connectivity index (χ3n) is 3.94. The van der Waals surface area contributed by atoms with Gasteiger partial charge in [0.1, 0.15) is 17.4 Å². The minimum atomic E-state index is -0.233. The van der Waals surface area contributed by atoms with Crippen LogP contribution in [0.5, 0.6) is 0 Å². The summed E-state index contributed by atoms with van der Waals surface area (Å²) in [5.74, 6) is 0.577. The molecule has 0 radical (unpaired) electrons. The Balaban J connectivity index is 1.66. The van der Waals surface area contributed by atoms with Crippen LogP contribution in [0, 0.1) is 0 Å². The van der Waals surface area contributed by atoms with Gasteiger partial charge in [-0.1, -0.05) is 12.1 Å². The van der Waals surface area contributed by atoms with Gasteiger partial charge in [-0.25, -0.2) is 14.8 Å². The molecule has 0 atom stereocenters. The Labute approximate surface area is 134 Å². The number of furan rings is 1. The third-order valence-corrected chi connectivity index (χ3v) is 3.94. The molecule has 3 aromatic heterocycles. The molecule has 116 valence electrons. The molecule has 3 heterocycles. The summed E-state index contributed by atoms with van der Waals surface area (Å²) in [5.41, 5.74) is 4.16. The van der Waals surface area contributed by atoms with Crippen LogP contribution < -0.4 is 11.0 Å². The molecule has 0 fully saturated rings. The fourth-order valence-corrected chi connectivity index (χ4v) is 2.86. The quantitative estimate of drug-likeness (QED) is 0.464. The van der Waals surface area contributed by atoms with Crippen molar-refractivity contribution in [1.29, 1.82) is 0 Å². The highest BCUT2D eigenvalue weighted by molar-refractivity contribution is 6.05. The molecule has 0 bridgehead atoms. The van der Waals surface area contributed by atoms with Crippen molar-refractivity contribution in [2.24, 2.45) is 0 Å². The second-order valence-electron chi connectivity index (χ2n) is 5.46. The van der Waals surface area contributed by atoms with Crippen molar-refractivity contribution in [3.05, 3.63) is 59.3 Å². The monoisotopic (exact) mass is 317 g/mol. The van der Waals surface area contributed by atoms with E-state index in [1.165, 1.54) is 6.33 Å². The van der Waals surface area contributed by atoms with E-state index >= 15 is 0 Å². The molecular weight excluding hydrogens is 306 g/mol. The van der Waals surface area contributed by atoms with Crippen LogP contribution in [-0.4, -0.2) is 19.9 Å². The van der Waals surface area contributed by atoms with Gasteiger partial charge in [-0.15, -0.1) is 0 Å². The molecule has 0 amide bonds. The molecule has 2 aromatic carbocycles. The van der Waals surface area contributed by atoms with Crippen molar-refractivity contribution in [1.82, 2.24) is 19.9 Å². The van der Waals surface area contributed by atoms with E-state index in [1.807, 2.05) is 42.5 Å². The molecule has 3 N–H and O–H groups in total. The van der Waals surface area contributed by atoms with E-state index in [-0.39, 0.29) is 5.69 Å². The first kappa shape index (κ1) is 12.9. The highest BCUT2D eigenvalue weighted by Gasteiger charge is 2.13. The maximum Gasteiger partial charge on any atom is 0.323 e. The lowest BCUT2D eigenvalue weighted by Crippen LogP contribution is -1.99. The van der Waals surface area contributed by atoms with Crippen LogP contribution >= 0.6 is 0 Å². The Kier molecular flexibility index (Phi) is 2.52. The number of nitrogens with one attached hydrogen (secondary N) is 3. The van der Waals surface area contributed by atoms with E-state index in [0.29, 0.717) is 11.4 Å². The number of aromatic nitrogens is 4. The number of hydrogen-bond donors (Lipinski definition) is 3. The maximum absolute atomic E-state index is 11.4. The molecule has 0 aliphatic heterocycles. The highest BCUT2D eigenvalue weighted by Crippen LogP contribution is 2.31. The molecule has 0 spiro atoms. The number of anilines is 2. The molecule has 7 heteroatoms. The SMILES string of the molecule is O=c1[nH]c2ccc(Nc3ncnc4c3oc3ccccc34)cc2[nH]1. The lowest BCUT2D eigenvalue weighted by atomic mass is 10.2. The van der Waals surface area contributed by atoms with Crippen LogP contribution in [-0.2, 0) is 0 Å². The van der Waals surface area contributed by atoms with Crippen molar-refractivity contribution in [2.45, 2.75) is 0 Å². The van der Waals surface area contributed by atoms with E-state index in [4.69, 9.17) is 4.42 Å². The van der Waals surface area contributed by atoms with Gasteiger partial charge in [-0.3, -0.25) is 0 Å². The highest BCUT2D eigenvalue weighted by atomic mass is 16.3. The predicted octanol–water partition coefficient (Wildman–Crippen LogP) is 3.29. The first-order valence-electron chi connectivity index (χ1n) is 7.39. The second-order valence-corrected chi connectivity index (χ2v) is 5.46. The number of para-hydroxylation sites is 1. The van der Waals surface area contributed by atoms with Gasteiger partial charge < -0.3 is 19.7 Å². The average Bonchev–Trinajstić information content (AvgIpc) is 3.14. The summed E-state index contributed by atoms with van der Waals surface area (Å²) in [5, 5.41) is 4.18. The zero-order valence-electron chi connectivity index (χ0n) is 12.3. The van der Waals surface area contributed by atoms with Gasteiger partial charge >= 0.3 is 5.69 Å². The number of benzene rings is 2. The molecule has 5 rings (SSSR count). The Morgan fingerprint density at radius 2 is 1.88 bits per heavy atom. The molecule has 7 nitrogen and oxygen atoms in total. The molecule has 0 aliphatic carbocycles. The molecule has 5 aromatic rings. The predicted molar refractivity (Wildman–Crippen MR) is 91.5 cm³/mol. The Bertz CT molecular complexity index is 1260. The Morgan fingerprint density at radius 1 is 1.00 bits per heavy atom. The summed E-state index contributed by atoms with van der Waals surface area (Å²) >= 11 is 0. The second kappa shape index (κ2) is 4.69. The van der Waals surface area contributed by atoms with Crippen molar-refractivity contribution < 1.29 is 4.42 Å². The minimum absolute atomic E-state index is 0.233. The number of rotatable bonds is 2. The number of imidazole rings is 1. The van der Waals surface area contributed by atoms with Crippen LogP contribution in [0.25, 0.3) is 33.1 Å². The summed E-state index contributed by atoms with van der Waals surface area (Å²) in [6.45, 7) is 0. The van der Waals surface area contributed by atoms with Gasteiger partial charge in [0, 0.05) is 11.1 Å².